The van der Waals surface area contributed by atoms with E-state index in [1.807, 2.05) is 0 Å². The molecule has 2 aliphatic heterocycles. The molecular weight excluding hydrogens is 529 g/mol. The van der Waals surface area contributed by atoms with Crippen LogP contribution in [0.2, 0.25) is 0 Å². The second-order valence-corrected chi connectivity index (χ2v) is 11.4. The molecule has 1 aromatic heterocycles. The van der Waals surface area contributed by atoms with Crippen molar-refractivity contribution in [3.8, 4) is 17.1 Å². The molecule has 2 fully saturated rings. The SMILES string of the molecule is COc1ccc(NC(=O)C2CCCN(Cc3nc(-c4ccc(F)cc4)no3)C2)cc1S(=O)(=O)N1CCOCC1. The van der Waals surface area contributed by atoms with Gasteiger partial charge in [-0.15, -0.1) is 0 Å². The molecule has 3 heterocycles. The Morgan fingerprint density at radius 3 is 2.67 bits per heavy atom. The molecule has 13 heteroatoms. The van der Waals surface area contributed by atoms with Crippen LogP contribution in [0.25, 0.3) is 11.4 Å². The molecule has 1 amide bonds. The summed E-state index contributed by atoms with van der Waals surface area (Å²) < 4.78 is 57.1. The van der Waals surface area contributed by atoms with Crippen LogP contribution in [0.4, 0.5) is 10.1 Å². The third kappa shape index (κ3) is 6.27. The van der Waals surface area contributed by atoms with Crippen LogP contribution >= 0.6 is 0 Å². The molecule has 0 radical (unpaired) electrons. The second kappa shape index (κ2) is 11.8. The van der Waals surface area contributed by atoms with Crippen molar-refractivity contribution in [1.82, 2.24) is 19.3 Å². The highest BCUT2D eigenvalue weighted by Crippen LogP contribution is 2.31. The molecule has 0 aliphatic carbocycles. The van der Waals surface area contributed by atoms with Crippen molar-refractivity contribution >= 4 is 21.6 Å². The molecule has 0 bridgehead atoms. The highest BCUT2D eigenvalue weighted by atomic mass is 32.2. The topological polar surface area (TPSA) is 127 Å². The van der Waals surface area contributed by atoms with Gasteiger partial charge in [-0.05, 0) is 61.9 Å². The van der Waals surface area contributed by atoms with Gasteiger partial charge < -0.3 is 19.3 Å². The average Bonchev–Trinajstić information content (AvgIpc) is 3.42. The molecule has 2 aliphatic rings. The predicted molar refractivity (Wildman–Crippen MR) is 139 cm³/mol. The fourth-order valence-corrected chi connectivity index (χ4v) is 6.36. The second-order valence-electron chi connectivity index (χ2n) is 9.46. The van der Waals surface area contributed by atoms with Gasteiger partial charge >= 0.3 is 0 Å². The van der Waals surface area contributed by atoms with Crippen molar-refractivity contribution in [2.24, 2.45) is 5.92 Å². The van der Waals surface area contributed by atoms with Crippen LogP contribution in [-0.2, 0) is 26.1 Å². The first-order chi connectivity index (χ1) is 18.8. The van der Waals surface area contributed by atoms with Crippen LogP contribution in [-0.4, -0.2) is 80.2 Å². The lowest BCUT2D eigenvalue weighted by Gasteiger charge is -2.31. The number of hydrogen-bond donors (Lipinski definition) is 1. The summed E-state index contributed by atoms with van der Waals surface area (Å²) in [5.74, 6) is 0.145. The predicted octanol–water partition coefficient (Wildman–Crippen LogP) is 2.76. The summed E-state index contributed by atoms with van der Waals surface area (Å²) in [7, 11) is -2.41. The van der Waals surface area contributed by atoms with Gasteiger partial charge in [-0.3, -0.25) is 9.69 Å². The summed E-state index contributed by atoms with van der Waals surface area (Å²) in [5, 5.41) is 6.87. The number of hydrogen-bond acceptors (Lipinski definition) is 9. The fraction of sp³-hybridized carbons (Fsp3) is 0.423. The number of nitrogens with one attached hydrogen (secondary N) is 1. The zero-order chi connectivity index (χ0) is 27.4. The minimum absolute atomic E-state index is 0.00308. The zero-order valence-electron chi connectivity index (χ0n) is 21.5. The maximum absolute atomic E-state index is 13.3. The van der Waals surface area contributed by atoms with Crippen LogP contribution in [0.15, 0.2) is 51.9 Å². The molecule has 208 valence electrons. The zero-order valence-corrected chi connectivity index (χ0v) is 22.3. The molecule has 5 rings (SSSR count). The van der Waals surface area contributed by atoms with E-state index in [2.05, 4.69) is 20.4 Å². The smallest absolute Gasteiger partial charge is 0.246 e. The van der Waals surface area contributed by atoms with Gasteiger partial charge in [0.2, 0.25) is 27.6 Å². The number of sulfonamides is 1. The van der Waals surface area contributed by atoms with Crippen molar-refractivity contribution in [2.75, 3.05) is 51.8 Å². The third-order valence-electron chi connectivity index (χ3n) is 6.82. The lowest BCUT2D eigenvalue weighted by Crippen LogP contribution is -2.41. The summed E-state index contributed by atoms with van der Waals surface area (Å²) in [4.78, 5) is 19.6. The number of carbonyl (C=O) groups excluding carboxylic acids is 1. The summed E-state index contributed by atoms with van der Waals surface area (Å²) >= 11 is 0. The molecule has 0 spiro atoms. The van der Waals surface area contributed by atoms with E-state index < -0.39 is 10.0 Å². The van der Waals surface area contributed by atoms with E-state index in [1.165, 1.54) is 29.6 Å². The molecule has 1 N–H and O–H groups in total. The standard InChI is InChI=1S/C26H30FN5O6S/c1-36-22-9-8-21(15-23(22)39(34,35)32-11-13-37-14-12-32)28-26(33)19-3-2-10-31(16-19)17-24-29-25(30-38-24)18-4-6-20(27)7-5-18/h4-9,15,19H,2-3,10-14,16-17H2,1H3,(H,28,33). The third-order valence-corrected chi connectivity index (χ3v) is 8.74. The monoisotopic (exact) mass is 559 g/mol. The van der Waals surface area contributed by atoms with Gasteiger partial charge in [0.05, 0.1) is 32.8 Å². The summed E-state index contributed by atoms with van der Waals surface area (Å²) in [6, 6.07) is 10.5. The van der Waals surface area contributed by atoms with E-state index in [-0.39, 0.29) is 41.4 Å². The number of methoxy groups -OCH3 is 1. The number of ether oxygens (including phenoxy) is 2. The summed E-state index contributed by atoms with van der Waals surface area (Å²) in [6.07, 6.45) is 1.50. The Labute approximate surface area is 225 Å². The lowest BCUT2D eigenvalue weighted by atomic mass is 9.97. The van der Waals surface area contributed by atoms with Crippen molar-refractivity contribution in [2.45, 2.75) is 24.3 Å². The number of nitrogens with zero attached hydrogens (tertiary/aromatic N) is 4. The number of halogens is 1. The molecule has 1 atom stereocenters. The molecule has 11 nitrogen and oxygen atoms in total. The van der Waals surface area contributed by atoms with Gasteiger partial charge in [-0.2, -0.15) is 9.29 Å². The van der Waals surface area contributed by atoms with Crippen molar-refractivity contribution in [1.29, 1.82) is 0 Å². The fourth-order valence-electron chi connectivity index (χ4n) is 4.77. The number of benzene rings is 2. The maximum Gasteiger partial charge on any atom is 0.246 e. The minimum Gasteiger partial charge on any atom is -0.495 e. The Balaban J connectivity index is 1.24. The summed E-state index contributed by atoms with van der Waals surface area (Å²) in [5.41, 5.74) is 1.03. The van der Waals surface area contributed by atoms with Crippen LogP contribution < -0.4 is 10.1 Å². The normalized spacial score (nSPS) is 19.1. The molecule has 2 saturated heterocycles. The number of morpholine rings is 1. The van der Waals surface area contributed by atoms with E-state index in [4.69, 9.17) is 14.0 Å². The number of anilines is 1. The van der Waals surface area contributed by atoms with E-state index >= 15 is 0 Å². The molecule has 2 aromatic carbocycles. The van der Waals surface area contributed by atoms with Crippen LogP contribution in [0, 0.1) is 11.7 Å². The minimum atomic E-state index is -3.82. The lowest BCUT2D eigenvalue weighted by molar-refractivity contribution is -0.121. The first-order valence-corrected chi connectivity index (χ1v) is 14.1. The first-order valence-electron chi connectivity index (χ1n) is 12.7. The van der Waals surface area contributed by atoms with Gasteiger partial charge in [0, 0.05) is 30.9 Å². The van der Waals surface area contributed by atoms with Crippen molar-refractivity contribution in [3.63, 3.8) is 0 Å². The van der Waals surface area contributed by atoms with Gasteiger partial charge in [0.1, 0.15) is 16.5 Å². The largest absolute Gasteiger partial charge is 0.495 e. The van der Waals surface area contributed by atoms with E-state index in [9.17, 15) is 17.6 Å². The van der Waals surface area contributed by atoms with E-state index in [0.29, 0.717) is 55.7 Å². The molecule has 3 aromatic rings. The van der Waals surface area contributed by atoms with Crippen LogP contribution in [0.5, 0.6) is 5.75 Å². The molecule has 1 unspecified atom stereocenters. The number of likely N-dealkylation sites (tertiary alicyclic amines) is 1. The van der Waals surface area contributed by atoms with Gasteiger partial charge in [-0.1, -0.05) is 5.16 Å². The number of rotatable bonds is 8. The van der Waals surface area contributed by atoms with E-state index in [0.717, 1.165) is 13.0 Å². The molecular formula is C26H30FN5O6S. The van der Waals surface area contributed by atoms with Gasteiger partial charge in [0.25, 0.3) is 0 Å². The summed E-state index contributed by atoms with van der Waals surface area (Å²) in [6.45, 7) is 2.79. The van der Waals surface area contributed by atoms with E-state index in [1.54, 1.807) is 24.3 Å². The quantitative estimate of drug-likeness (QED) is 0.443. The Morgan fingerprint density at radius 1 is 1.15 bits per heavy atom. The van der Waals surface area contributed by atoms with Crippen LogP contribution in [0.1, 0.15) is 18.7 Å². The number of carbonyl (C=O) groups is 1. The number of amides is 1. The average molecular weight is 560 g/mol. The molecule has 39 heavy (non-hydrogen) atoms. The Bertz CT molecular complexity index is 1410. The Morgan fingerprint density at radius 2 is 1.92 bits per heavy atom. The highest BCUT2D eigenvalue weighted by molar-refractivity contribution is 7.89. The van der Waals surface area contributed by atoms with Crippen LogP contribution in [0.3, 0.4) is 0 Å². The maximum atomic E-state index is 13.3. The Hall–Kier alpha value is -3.39. The van der Waals surface area contributed by atoms with Gasteiger partial charge in [0.15, 0.2) is 0 Å². The molecule has 0 saturated carbocycles. The highest BCUT2D eigenvalue weighted by Gasteiger charge is 2.31. The van der Waals surface area contributed by atoms with Crippen molar-refractivity contribution in [3.05, 3.63) is 54.2 Å². The van der Waals surface area contributed by atoms with Crippen molar-refractivity contribution < 1.29 is 31.6 Å². The Kier molecular flexibility index (Phi) is 8.21. The van der Waals surface area contributed by atoms with Gasteiger partial charge in [-0.25, -0.2) is 12.8 Å². The number of piperidine rings is 1. The first kappa shape index (κ1) is 27.2. The number of aromatic nitrogens is 2.